The molecule has 0 bridgehead atoms. The highest BCUT2D eigenvalue weighted by atomic mass is 32.1. The maximum atomic E-state index is 12.3. The number of hydrogen-bond donors (Lipinski definition) is 1. The van der Waals surface area contributed by atoms with Gasteiger partial charge in [-0.25, -0.2) is 9.78 Å². The van der Waals surface area contributed by atoms with Gasteiger partial charge in [0.05, 0.1) is 22.0 Å². The summed E-state index contributed by atoms with van der Waals surface area (Å²) in [6.07, 6.45) is 0.864. The third-order valence-electron chi connectivity index (χ3n) is 3.05. The summed E-state index contributed by atoms with van der Waals surface area (Å²) in [5.74, 6) is -0.700. The molecule has 1 aromatic heterocycles. The van der Waals surface area contributed by atoms with Gasteiger partial charge in [0.25, 0.3) is 0 Å². The summed E-state index contributed by atoms with van der Waals surface area (Å²) in [5.41, 5.74) is 2.39. The van der Waals surface area contributed by atoms with Crippen molar-refractivity contribution < 1.29 is 14.3 Å². The summed E-state index contributed by atoms with van der Waals surface area (Å²) >= 11 is 1.55. The molecule has 2 rings (SSSR count). The van der Waals surface area contributed by atoms with Gasteiger partial charge in [0, 0.05) is 12.3 Å². The van der Waals surface area contributed by atoms with E-state index in [1.54, 1.807) is 23.5 Å². The van der Waals surface area contributed by atoms with Gasteiger partial charge >= 0.3 is 5.97 Å². The van der Waals surface area contributed by atoms with Crippen molar-refractivity contribution in [2.45, 2.75) is 33.8 Å². The van der Waals surface area contributed by atoms with E-state index in [1.165, 1.54) is 6.92 Å². The number of esters is 1. The van der Waals surface area contributed by atoms with Crippen molar-refractivity contribution in [1.82, 2.24) is 4.98 Å². The van der Waals surface area contributed by atoms with Gasteiger partial charge in [-0.15, -0.1) is 11.3 Å². The topological polar surface area (TPSA) is 68.3 Å². The van der Waals surface area contributed by atoms with Crippen LogP contribution in [0.3, 0.4) is 0 Å². The highest BCUT2D eigenvalue weighted by Gasteiger charge is 2.16. The molecule has 0 unspecified atom stereocenters. The smallest absolute Gasteiger partial charge is 0.340 e. The third-order valence-corrected chi connectivity index (χ3v) is 4.09. The number of benzene rings is 1. The lowest BCUT2D eigenvalue weighted by molar-refractivity contribution is -0.114. The molecule has 22 heavy (non-hydrogen) atoms. The number of hydrogen-bond acceptors (Lipinski definition) is 5. The fourth-order valence-electron chi connectivity index (χ4n) is 1.97. The van der Waals surface area contributed by atoms with Gasteiger partial charge in [-0.1, -0.05) is 19.1 Å². The molecule has 0 aliphatic heterocycles. The molecule has 116 valence electrons. The second-order valence-corrected chi connectivity index (χ2v) is 5.78. The number of thiazole rings is 1. The number of para-hydroxylation sites is 1. The van der Waals surface area contributed by atoms with Gasteiger partial charge in [-0.2, -0.15) is 0 Å². The van der Waals surface area contributed by atoms with Crippen LogP contribution >= 0.6 is 11.3 Å². The normalized spacial score (nSPS) is 10.3. The van der Waals surface area contributed by atoms with Gasteiger partial charge < -0.3 is 10.1 Å². The van der Waals surface area contributed by atoms with E-state index in [9.17, 15) is 9.59 Å². The fraction of sp³-hybridized carbons (Fsp3) is 0.312. The third kappa shape index (κ3) is 3.92. The quantitative estimate of drug-likeness (QED) is 0.859. The number of carbonyl (C=O) groups is 2. The Bertz CT molecular complexity index is 694. The minimum absolute atomic E-state index is 0.128. The van der Waals surface area contributed by atoms with E-state index >= 15 is 0 Å². The molecule has 0 aliphatic carbocycles. The Morgan fingerprint density at radius 2 is 2.14 bits per heavy atom. The van der Waals surface area contributed by atoms with Gasteiger partial charge in [0.15, 0.2) is 0 Å². The van der Waals surface area contributed by atoms with Crippen LogP contribution in [-0.2, 0) is 22.6 Å². The number of rotatable bonds is 5. The Morgan fingerprint density at radius 3 is 2.77 bits per heavy atom. The summed E-state index contributed by atoms with van der Waals surface area (Å²) in [4.78, 5) is 27.9. The molecule has 1 N–H and O–H groups in total. The summed E-state index contributed by atoms with van der Waals surface area (Å²) in [6, 6.07) is 5.23. The summed E-state index contributed by atoms with van der Waals surface area (Å²) < 4.78 is 5.30. The molecular weight excluding hydrogens is 300 g/mol. The van der Waals surface area contributed by atoms with Gasteiger partial charge in [-0.3, -0.25) is 4.79 Å². The van der Waals surface area contributed by atoms with Crippen molar-refractivity contribution in [2.75, 3.05) is 5.32 Å². The number of aryl methyl sites for hydroxylation is 2. The van der Waals surface area contributed by atoms with E-state index in [4.69, 9.17) is 4.74 Å². The monoisotopic (exact) mass is 318 g/mol. The molecule has 0 saturated heterocycles. The number of carbonyl (C=O) groups excluding carboxylic acids is 2. The van der Waals surface area contributed by atoms with Crippen molar-refractivity contribution in [1.29, 1.82) is 0 Å². The minimum atomic E-state index is -0.474. The molecule has 1 aromatic carbocycles. The standard InChI is InChI=1S/C16H18N2O3S/c1-4-14-18-12(9-22-14)8-21-16(20)13-7-5-6-10(2)15(13)17-11(3)19/h5-7,9H,4,8H2,1-3H3,(H,17,19). The van der Waals surface area contributed by atoms with Crippen molar-refractivity contribution in [3.8, 4) is 0 Å². The number of nitrogens with zero attached hydrogens (tertiary/aromatic N) is 1. The lowest BCUT2D eigenvalue weighted by Gasteiger charge is -2.12. The maximum Gasteiger partial charge on any atom is 0.340 e. The van der Waals surface area contributed by atoms with Crippen LogP contribution < -0.4 is 5.32 Å². The van der Waals surface area contributed by atoms with Crippen LogP contribution in [0, 0.1) is 6.92 Å². The van der Waals surface area contributed by atoms with Gasteiger partial charge in [0.2, 0.25) is 5.91 Å². The van der Waals surface area contributed by atoms with E-state index in [0.29, 0.717) is 11.3 Å². The number of anilines is 1. The highest BCUT2D eigenvalue weighted by Crippen LogP contribution is 2.22. The predicted octanol–water partition coefficient (Wildman–Crippen LogP) is 3.33. The number of aromatic nitrogens is 1. The van der Waals surface area contributed by atoms with E-state index in [2.05, 4.69) is 10.3 Å². The first kappa shape index (κ1) is 16.2. The molecule has 0 fully saturated rings. The molecule has 0 radical (unpaired) electrons. The Balaban J connectivity index is 2.12. The van der Waals surface area contributed by atoms with Gasteiger partial charge in [0.1, 0.15) is 6.61 Å². The zero-order chi connectivity index (χ0) is 16.1. The molecule has 6 heteroatoms. The number of nitrogens with one attached hydrogen (secondary N) is 1. The van der Waals surface area contributed by atoms with Crippen LogP contribution in [0.1, 0.15) is 40.5 Å². The second kappa shape index (κ2) is 7.17. The molecule has 0 atom stereocenters. The van der Waals surface area contributed by atoms with Crippen molar-refractivity contribution in [3.63, 3.8) is 0 Å². The van der Waals surface area contributed by atoms with Crippen molar-refractivity contribution >= 4 is 28.9 Å². The average molecular weight is 318 g/mol. The van der Waals surface area contributed by atoms with Crippen LogP contribution in [0.2, 0.25) is 0 Å². The molecule has 1 amide bonds. The molecule has 5 nitrogen and oxygen atoms in total. The Hall–Kier alpha value is -2.21. The summed E-state index contributed by atoms with van der Waals surface area (Å²) in [5, 5.41) is 5.58. The molecule has 2 aromatic rings. The molecule has 0 saturated carbocycles. The zero-order valence-electron chi connectivity index (χ0n) is 12.8. The lowest BCUT2D eigenvalue weighted by Crippen LogP contribution is -2.14. The zero-order valence-corrected chi connectivity index (χ0v) is 13.6. The molecular formula is C16H18N2O3S. The summed E-state index contributed by atoms with van der Waals surface area (Å²) in [6.45, 7) is 5.39. The first-order valence-electron chi connectivity index (χ1n) is 6.98. The van der Waals surface area contributed by atoms with Crippen molar-refractivity contribution in [3.05, 3.63) is 45.4 Å². The first-order chi connectivity index (χ1) is 10.5. The van der Waals surface area contributed by atoms with E-state index in [1.807, 2.05) is 25.3 Å². The van der Waals surface area contributed by atoms with Crippen LogP contribution in [-0.4, -0.2) is 16.9 Å². The van der Waals surface area contributed by atoms with Crippen LogP contribution in [0.5, 0.6) is 0 Å². The average Bonchev–Trinajstić information content (AvgIpc) is 2.94. The van der Waals surface area contributed by atoms with E-state index in [0.717, 1.165) is 22.7 Å². The Labute approximate surface area is 133 Å². The second-order valence-electron chi connectivity index (χ2n) is 4.84. The van der Waals surface area contributed by atoms with Crippen LogP contribution in [0.25, 0.3) is 0 Å². The predicted molar refractivity (Wildman–Crippen MR) is 86.1 cm³/mol. The Kier molecular flexibility index (Phi) is 5.27. The largest absolute Gasteiger partial charge is 0.455 e. The highest BCUT2D eigenvalue weighted by molar-refractivity contribution is 7.09. The maximum absolute atomic E-state index is 12.3. The number of ether oxygens (including phenoxy) is 1. The van der Waals surface area contributed by atoms with Crippen molar-refractivity contribution in [2.24, 2.45) is 0 Å². The lowest BCUT2D eigenvalue weighted by atomic mass is 10.1. The Morgan fingerprint density at radius 1 is 1.36 bits per heavy atom. The minimum Gasteiger partial charge on any atom is -0.455 e. The molecule has 0 spiro atoms. The van der Waals surface area contributed by atoms with Crippen LogP contribution in [0.4, 0.5) is 5.69 Å². The first-order valence-corrected chi connectivity index (χ1v) is 7.86. The van der Waals surface area contributed by atoms with E-state index in [-0.39, 0.29) is 12.5 Å². The summed E-state index contributed by atoms with van der Waals surface area (Å²) in [7, 11) is 0. The SMILES string of the molecule is CCc1nc(COC(=O)c2cccc(C)c2NC(C)=O)cs1. The number of amides is 1. The van der Waals surface area contributed by atoms with E-state index < -0.39 is 5.97 Å². The van der Waals surface area contributed by atoms with Crippen LogP contribution in [0.15, 0.2) is 23.6 Å². The van der Waals surface area contributed by atoms with Gasteiger partial charge in [-0.05, 0) is 25.0 Å². The molecule has 1 heterocycles. The molecule has 0 aliphatic rings. The fourth-order valence-corrected chi connectivity index (χ4v) is 2.70.